The summed E-state index contributed by atoms with van der Waals surface area (Å²) in [6.45, 7) is 12.2. The van der Waals surface area contributed by atoms with E-state index in [0.29, 0.717) is 12.5 Å². The summed E-state index contributed by atoms with van der Waals surface area (Å²) in [6.07, 6.45) is 1.17. The third kappa shape index (κ3) is 5.64. The van der Waals surface area contributed by atoms with Gasteiger partial charge in [-0.1, -0.05) is 13.0 Å². The molecule has 0 aromatic heterocycles. The highest BCUT2D eigenvalue weighted by Gasteiger charge is 2.27. The highest BCUT2D eigenvalue weighted by molar-refractivity contribution is 5.80. The molecule has 1 N–H and O–H groups in total. The van der Waals surface area contributed by atoms with Crippen molar-refractivity contribution in [1.82, 2.24) is 15.1 Å². The molecule has 2 heterocycles. The molecule has 28 heavy (non-hydrogen) atoms. The monoisotopic (exact) mass is 394 g/mol. The van der Waals surface area contributed by atoms with Gasteiger partial charge in [-0.05, 0) is 37.0 Å². The molecule has 2 aliphatic heterocycles. The first-order valence-corrected chi connectivity index (χ1v) is 10.3. The molecule has 3 rings (SSSR count). The number of nitrogens with one attached hydrogen (secondary N) is 1. The second-order valence-corrected chi connectivity index (χ2v) is 7.78. The average Bonchev–Trinajstić information content (AvgIpc) is 3.16. The maximum Gasteiger partial charge on any atom is 0.193 e. The quantitative estimate of drug-likeness (QED) is 0.595. The largest absolute Gasteiger partial charge is 0.379 e. The number of hydrogen-bond donors (Lipinski definition) is 1. The molecule has 156 valence electrons. The summed E-state index contributed by atoms with van der Waals surface area (Å²) in [5.41, 5.74) is 0.769. The predicted molar refractivity (Wildman–Crippen MR) is 108 cm³/mol. The fourth-order valence-corrected chi connectivity index (χ4v) is 3.90. The van der Waals surface area contributed by atoms with Gasteiger partial charge in [-0.2, -0.15) is 0 Å². The molecule has 2 unspecified atom stereocenters. The van der Waals surface area contributed by atoms with E-state index in [9.17, 15) is 8.78 Å². The number of likely N-dealkylation sites (tertiary alicyclic amines) is 1. The summed E-state index contributed by atoms with van der Waals surface area (Å²) in [7, 11) is 0. The van der Waals surface area contributed by atoms with Crippen LogP contribution in [0.15, 0.2) is 23.2 Å². The van der Waals surface area contributed by atoms with E-state index in [2.05, 4.69) is 22.0 Å². The maximum absolute atomic E-state index is 13.5. The summed E-state index contributed by atoms with van der Waals surface area (Å²) < 4.78 is 32.1. The summed E-state index contributed by atoms with van der Waals surface area (Å²) >= 11 is 0. The van der Waals surface area contributed by atoms with Crippen LogP contribution in [0.4, 0.5) is 8.78 Å². The molecule has 2 saturated heterocycles. The lowest BCUT2D eigenvalue weighted by Crippen LogP contribution is -2.42. The molecule has 1 aromatic carbocycles. The van der Waals surface area contributed by atoms with Gasteiger partial charge in [0.1, 0.15) is 0 Å². The van der Waals surface area contributed by atoms with E-state index >= 15 is 0 Å². The van der Waals surface area contributed by atoms with Crippen molar-refractivity contribution in [1.29, 1.82) is 0 Å². The van der Waals surface area contributed by atoms with Crippen LogP contribution in [0.3, 0.4) is 0 Å². The number of hydrogen-bond acceptors (Lipinski definition) is 3. The average molecular weight is 395 g/mol. The van der Waals surface area contributed by atoms with Crippen molar-refractivity contribution in [2.75, 3.05) is 59.0 Å². The predicted octanol–water partition coefficient (Wildman–Crippen LogP) is 2.69. The minimum Gasteiger partial charge on any atom is -0.379 e. The van der Waals surface area contributed by atoms with Crippen molar-refractivity contribution in [3.05, 3.63) is 35.4 Å². The van der Waals surface area contributed by atoms with E-state index in [0.717, 1.165) is 64.0 Å². The lowest BCUT2D eigenvalue weighted by molar-refractivity contribution is 0.0315. The lowest BCUT2D eigenvalue weighted by atomic mass is 10.0. The zero-order valence-corrected chi connectivity index (χ0v) is 17.0. The third-order valence-electron chi connectivity index (χ3n) is 5.57. The van der Waals surface area contributed by atoms with Gasteiger partial charge in [0.05, 0.1) is 13.2 Å². The second-order valence-electron chi connectivity index (χ2n) is 7.78. The molecule has 7 heteroatoms. The zero-order chi connectivity index (χ0) is 19.9. The number of guanidine groups is 1. The first-order chi connectivity index (χ1) is 13.6. The van der Waals surface area contributed by atoms with Crippen molar-refractivity contribution in [3.8, 4) is 0 Å². The Kier molecular flexibility index (Phi) is 7.62. The number of nitrogens with zero attached hydrogens (tertiary/aromatic N) is 3. The van der Waals surface area contributed by atoms with Crippen molar-refractivity contribution in [3.63, 3.8) is 0 Å². The van der Waals surface area contributed by atoms with E-state index in [1.807, 2.05) is 6.92 Å². The topological polar surface area (TPSA) is 40.1 Å². The SMILES string of the molecule is CCNC(=NCC(C)c1ccc(F)c(F)c1)N1CCC(CN2CCOCC2)C1. The van der Waals surface area contributed by atoms with Crippen LogP contribution in [-0.2, 0) is 4.74 Å². The third-order valence-corrected chi connectivity index (χ3v) is 5.57. The maximum atomic E-state index is 13.5. The minimum absolute atomic E-state index is 0.0236. The number of benzene rings is 1. The number of rotatable bonds is 6. The van der Waals surface area contributed by atoms with Crippen LogP contribution < -0.4 is 5.32 Å². The molecular formula is C21H32F2N4O. The van der Waals surface area contributed by atoms with Crippen molar-refractivity contribution >= 4 is 5.96 Å². The highest BCUT2D eigenvalue weighted by Crippen LogP contribution is 2.20. The van der Waals surface area contributed by atoms with Gasteiger partial charge in [-0.3, -0.25) is 9.89 Å². The van der Waals surface area contributed by atoms with Gasteiger partial charge in [0.15, 0.2) is 17.6 Å². The summed E-state index contributed by atoms with van der Waals surface area (Å²) in [5.74, 6) is -0.0237. The zero-order valence-electron chi connectivity index (χ0n) is 17.0. The van der Waals surface area contributed by atoms with Gasteiger partial charge in [0, 0.05) is 51.7 Å². The molecule has 2 atom stereocenters. The molecule has 0 bridgehead atoms. The van der Waals surface area contributed by atoms with Gasteiger partial charge < -0.3 is 15.0 Å². The van der Waals surface area contributed by atoms with Crippen LogP contribution >= 0.6 is 0 Å². The number of aliphatic imine (C=N–C) groups is 1. The first kappa shape index (κ1) is 21.0. The molecule has 2 fully saturated rings. The Labute approximate surface area is 166 Å². The van der Waals surface area contributed by atoms with Crippen LogP contribution in [0.1, 0.15) is 31.7 Å². The van der Waals surface area contributed by atoms with E-state index in [-0.39, 0.29) is 5.92 Å². The molecule has 0 spiro atoms. The summed E-state index contributed by atoms with van der Waals surface area (Å²) in [6, 6.07) is 4.10. The Morgan fingerprint density at radius 3 is 2.75 bits per heavy atom. The van der Waals surface area contributed by atoms with Gasteiger partial charge in [0.2, 0.25) is 0 Å². The van der Waals surface area contributed by atoms with E-state index < -0.39 is 11.6 Å². The Bertz CT molecular complexity index is 664. The van der Waals surface area contributed by atoms with E-state index in [1.54, 1.807) is 6.07 Å². The standard InChI is InChI=1S/C21H32F2N4O/c1-3-24-21(25-13-16(2)18-4-5-19(22)20(23)12-18)27-7-6-17(15-27)14-26-8-10-28-11-9-26/h4-5,12,16-17H,3,6-11,13-15H2,1-2H3,(H,24,25). The van der Waals surface area contributed by atoms with Crippen LogP contribution in [0.2, 0.25) is 0 Å². The Morgan fingerprint density at radius 1 is 1.25 bits per heavy atom. The van der Waals surface area contributed by atoms with Crippen molar-refractivity contribution in [2.45, 2.75) is 26.2 Å². The van der Waals surface area contributed by atoms with Crippen molar-refractivity contribution in [2.24, 2.45) is 10.9 Å². The smallest absolute Gasteiger partial charge is 0.193 e. The van der Waals surface area contributed by atoms with Crippen LogP contribution in [-0.4, -0.2) is 74.8 Å². The summed E-state index contributed by atoms with van der Waals surface area (Å²) in [4.78, 5) is 9.61. The van der Waals surface area contributed by atoms with Gasteiger partial charge in [0.25, 0.3) is 0 Å². The van der Waals surface area contributed by atoms with Crippen molar-refractivity contribution < 1.29 is 13.5 Å². The fourth-order valence-electron chi connectivity index (χ4n) is 3.90. The fraction of sp³-hybridized carbons (Fsp3) is 0.667. The van der Waals surface area contributed by atoms with E-state index in [4.69, 9.17) is 9.73 Å². The highest BCUT2D eigenvalue weighted by atomic mass is 19.2. The Hall–Kier alpha value is -1.73. The van der Waals surface area contributed by atoms with Crippen LogP contribution in [0, 0.1) is 17.6 Å². The number of morpholine rings is 1. The second kappa shape index (κ2) is 10.2. The molecule has 1 aromatic rings. The Balaban J connectivity index is 1.56. The number of ether oxygens (including phenoxy) is 1. The molecule has 0 saturated carbocycles. The Morgan fingerprint density at radius 2 is 2.04 bits per heavy atom. The molecular weight excluding hydrogens is 362 g/mol. The van der Waals surface area contributed by atoms with Gasteiger partial charge >= 0.3 is 0 Å². The number of halogens is 2. The summed E-state index contributed by atoms with van der Waals surface area (Å²) in [5, 5.41) is 3.38. The molecule has 0 aliphatic carbocycles. The van der Waals surface area contributed by atoms with E-state index in [1.165, 1.54) is 18.6 Å². The molecule has 0 amide bonds. The minimum atomic E-state index is -0.809. The molecule has 0 radical (unpaired) electrons. The van der Waals surface area contributed by atoms with Crippen LogP contribution in [0.5, 0.6) is 0 Å². The lowest BCUT2D eigenvalue weighted by Gasteiger charge is -2.29. The van der Waals surface area contributed by atoms with Gasteiger partial charge in [-0.25, -0.2) is 8.78 Å². The normalized spacial score (nSPS) is 22.5. The van der Waals surface area contributed by atoms with Gasteiger partial charge in [-0.15, -0.1) is 0 Å². The first-order valence-electron chi connectivity index (χ1n) is 10.3. The van der Waals surface area contributed by atoms with Crippen LogP contribution in [0.25, 0.3) is 0 Å². The molecule has 2 aliphatic rings. The molecule has 5 nitrogen and oxygen atoms in total.